The Hall–Kier alpha value is -1.96. The molecule has 2 rings (SSSR count). The standard InChI is InChI=1S/C17H24N4O2S/c1-3-6-18-17(24)20-19-12-14-4-5-16(22-2)15(11-14)13-21-7-9-23-10-8-21/h3-5,11-12H,1,6-10,13H2,2H3,(H2,18,20,24)/p+1/b19-12-. The van der Waals surface area contributed by atoms with Crippen molar-refractivity contribution in [1.82, 2.24) is 10.7 Å². The van der Waals surface area contributed by atoms with E-state index >= 15 is 0 Å². The predicted octanol–water partition coefficient (Wildman–Crippen LogP) is 0.0943. The second kappa shape index (κ2) is 10.0. The Morgan fingerprint density at radius 2 is 2.25 bits per heavy atom. The first kappa shape index (κ1) is 18.4. The number of hydrogen-bond donors (Lipinski definition) is 3. The van der Waals surface area contributed by atoms with Gasteiger partial charge in [0.15, 0.2) is 5.11 Å². The highest BCUT2D eigenvalue weighted by atomic mass is 32.1. The molecule has 1 aromatic carbocycles. The summed E-state index contributed by atoms with van der Waals surface area (Å²) in [4.78, 5) is 1.50. The van der Waals surface area contributed by atoms with Gasteiger partial charge in [0.2, 0.25) is 0 Å². The molecule has 0 radical (unpaired) electrons. The number of quaternary nitrogens is 1. The maximum absolute atomic E-state index is 5.48. The number of hydrogen-bond acceptors (Lipinski definition) is 4. The SMILES string of the molecule is C=CCNC(=S)N/N=C\c1ccc(OC)c(C[NH+]2CCOCC2)c1. The third kappa shape index (κ3) is 5.92. The molecule has 0 aromatic heterocycles. The lowest BCUT2D eigenvalue weighted by Crippen LogP contribution is -3.12. The zero-order valence-corrected chi connectivity index (χ0v) is 14.8. The van der Waals surface area contributed by atoms with E-state index in [1.165, 1.54) is 10.5 Å². The number of ether oxygens (including phenoxy) is 2. The molecule has 0 aliphatic carbocycles. The molecule has 24 heavy (non-hydrogen) atoms. The second-order valence-electron chi connectivity index (χ2n) is 5.48. The number of benzene rings is 1. The Labute approximate surface area is 148 Å². The van der Waals surface area contributed by atoms with E-state index in [4.69, 9.17) is 21.7 Å². The molecule has 1 saturated heterocycles. The van der Waals surface area contributed by atoms with Gasteiger partial charge in [-0.3, -0.25) is 5.43 Å². The zero-order chi connectivity index (χ0) is 17.2. The molecule has 7 heteroatoms. The van der Waals surface area contributed by atoms with Gasteiger partial charge < -0.3 is 19.7 Å². The van der Waals surface area contributed by atoms with Gasteiger partial charge >= 0.3 is 0 Å². The van der Waals surface area contributed by atoms with E-state index in [0.29, 0.717) is 11.7 Å². The van der Waals surface area contributed by atoms with Gasteiger partial charge in [-0.2, -0.15) is 5.10 Å². The van der Waals surface area contributed by atoms with Crippen LogP contribution in [0.15, 0.2) is 36.0 Å². The van der Waals surface area contributed by atoms with Gasteiger partial charge in [-0.1, -0.05) is 6.08 Å². The van der Waals surface area contributed by atoms with Crippen LogP contribution in [0, 0.1) is 0 Å². The minimum absolute atomic E-state index is 0.470. The van der Waals surface area contributed by atoms with Crippen LogP contribution in [0.4, 0.5) is 0 Å². The highest BCUT2D eigenvalue weighted by Crippen LogP contribution is 2.18. The Bertz CT molecular complexity index is 586. The van der Waals surface area contributed by atoms with Crippen molar-refractivity contribution in [3.05, 3.63) is 42.0 Å². The van der Waals surface area contributed by atoms with Crippen molar-refractivity contribution in [3.63, 3.8) is 0 Å². The summed E-state index contributed by atoms with van der Waals surface area (Å²) in [5.41, 5.74) is 4.95. The Kier molecular flexibility index (Phi) is 7.67. The molecular weight excluding hydrogens is 324 g/mol. The topological polar surface area (TPSA) is 59.3 Å². The van der Waals surface area contributed by atoms with Crippen LogP contribution in [0.5, 0.6) is 5.75 Å². The number of nitrogens with zero attached hydrogens (tertiary/aromatic N) is 1. The van der Waals surface area contributed by atoms with E-state index in [0.717, 1.165) is 44.2 Å². The molecule has 0 atom stereocenters. The van der Waals surface area contributed by atoms with Crippen LogP contribution in [0.2, 0.25) is 0 Å². The number of nitrogens with one attached hydrogen (secondary N) is 3. The first-order chi connectivity index (χ1) is 11.7. The summed E-state index contributed by atoms with van der Waals surface area (Å²) in [6.45, 7) is 8.82. The van der Waals surface area contributed by atoms with Crippen molar-refractivity contribution in [1.29, 1.82) is 0 Å². The van der Waals surface area contributed by atoms with Crippen LogP contribution >= 0.6 is 12.2 Å². The quantitative estimate of drug-likeness (QED) is 0.282. The van der Waals surface area contributed by atoms with E-state index < -0.39 is 0 Å². The first-order valence-corrected chi connectivity index (χ1v) is 8.39. The normalized spacial score (nSPS) is 15.2. The molecule has 1 aromatic rings. The van der Waals surface area contributed by atoms with E-state index in [2.05, 4.69) is 28.5 Å². The Balaban J connectivity index is 1.98. The summed E-state index contributed by atoms with van der Waals surface area (Å²) >= 11 is 5.09. The molecule has 0 spiro atoms. The highest BCUT2D eigenvalue weighted by Gasteiger charge is 2.16. The van der Waals surface area contributed by atoms with Gasteiger partial charge in [-0.25, -0.2) is 0 Å². The van der Waals surface area contributed by atoms with Gasteiger partial charge in [0.05, 0.1) is 26.5 Å². The summed E-state index contributed by atoms with van der Waals surface area (Å²) in [5, 5.41) is 7.58. The number of hydrazone groups is 1. The second-order valence-corrected chi connectivity index (χ2v) is 5.89. The molecule has 0 bridgehead atoms. The van der Waals surface area contributed by atoms with Crippen molar-refractivity contribution < 1.29 is 14.4 Å². The van der Waals surface area contributed by atoms with Crippen LogP contribution < -0.4 is 20.4 Å². The summed E-state index contributed by atoms with van der Waals surface area (Å²) in [7, 11) is 1.70. The Morgan fingerprint density at radius 3 is 2.96 bits per heavy atom. The predicted molar refractivity (Wildman–Crippen MR) is 99.7 cm³/mol. The lowest BCUT2D eigenvalue weighted by atomic mass is 10.1. The molecule has 1 fully saturated rings. The monoisotopic (exact) mass is 349 g/mol. The summed E-state index contributed by atoms with van der Waals surface area (Å²) in [6, 6.07) is 6.06. The Morgan fingerprint density at radius 1 is 1.46 bits per heavy atom. The maximum atomic E-state index is 5.48. The highest BCUT2D eigenvalue weighted by molar-refractivity contribution is 7.80. The third-order valence-electron chi connectivity index (χ3n) is 3.73. The van der Waals surface area contributed by atoms with Gasteiger partial charge in [-0.15, -0.1) is 6.58 Å². The molecule has 0 amide bonds. The summed E-state index contributed by atoms with van der Waals surface area (Å²) in [6.07, 6.45) is 3.49. The number of methoxy groups -OCH3 is 1. The molecule has 0 saturated carbocycles. The van der Waals surface area contributed by atoms with E-state index in [9.17, 15) is 0 Å². The zero-order valence-electron chi connectivity index (χ0n) is 14.0. The van der Waals surface area contributed by atoms with Crippen LogP contribution in [0.25, 0.3) is 0 Å². The molecule has 6 nitrogen and oxygen atoms in total. The summed E-state index contributed by atoms with van der Waals surface area (Å²) < 4.78 is 10.9. The van der Waals surface area contributed by atoms with Gasteiger partial charge in [-0.05, 0) is 36.0 Å². The van der Waals surface area contributed by atoms with Crippen molar-refractivity contribution in [3.8, 4) is 5.75 Å². The average Bonchev–Trinajstić information content (AvgIpc) is 2.61. The van der Waals surface area contributed by atoms with Gasteiger partial charge in [0.1, 0.15) is 25.4 Å². The number of thiocarbonyl (C=S) groups is 1. The lowest BCUT2D eigenvalue weighted by molar-refractivity contribution is -0.921. The van der Waals surface area contributed by atoms with Crippen molar-refractivity contribution >= 4 is 23.5 Å². The molecule has 1 aliphatic heterocycles. The first-order valence-electron chi connectivity index (χ1n) is 7.99. The molecular formula is C17H25N4O2S+. The fourth-order valence-corrected chi connectivity index (χ4v) is 2.63. The largest absolute Gasteiger partial charge is 0.496 e. The third-order valence-corrected chi connectivity index (χ3v) is 3.97. The van der Waals surface area contributed by atoms with Crippen molar-refractivity contribution in [2.45, 2.75) is 6.54 Å². The minimum atomic E-state index is 0.470. The molecule has 0 unspecified atom stereocenters. The van der Waals surface area contributed by atoms with Gasteiger partial charge in [0.25, 0.3) is 0 Å². The van der Waals surface area contributed by atoms with Crippen LogP contribution in [0.1, 0.15) is 11.1 Å². The van der Waals surface area contributed by atoms with Crippen LogP contribution in [-0.4, -0.2) is 51.3 Å². The van der Waals surface area contributed by atoms with Crippen molar-refractivity contribution in [2.24, 2.45) is 5.10 Å². The fourth-order valence-electron chi connectivity index (χ4n) is 2.49. The number of rotatable bonds is 7. The number of morpholine rings is 1. The molecule has 1 heterocycles. The lowest BCUT2D eigenvalue weighted by Gasteiger charge is -2.24. The van der Waals surface area contributed by atoms with E-state index in [1.54, 1.807) is 19.4 Å². The fraction of sp³-hybridized carbons (Fsp3) is 0.412. The van der Waals surface area contributed by atoms with Gasteiger partial charge in [0, 0.05) is 12.1 Å². The molecule has 1 aliphatic rings. The van der Waals surface area contributed by atoms with Crippen LogP contribution in [0.3, 0.4) is 0 Å². The smallest absolute Gasteiger partial charge is 0.187 e. The van der Waals surface area contributed by atoms with Crippen LogP contribution in [-0.2, 0) is 11.3 Å². The average molecular weight is 349 g/mol. The van der Waals surface area contributed by atoms with E-state index in [1.807, 2.05) is 12.1 Å². The summed E-state index contributed by atoms with van der Waals surface area (Å²) in [5.74, 6) is 0.905. The minimum Gasteiger partial charge on any atom is -0.496 e. The molecule has 3 N–H and O–H groups in total. The maximum Gasteiger partial charge on any atom is 0.187 e. The van der Waals surface area contributed by atoms with Crippen molar-refractivity contribution in [2.75, 3.05) is 40.0 Å². The van der Waals surface area contributed by atoms with E-state index in [-0.39, 0.29) is 0 Å². The molecule has 130 valence electrons.